The number of carbonyl (C=O) groups is 1. The molecule has 30 heavy (non-hydrogen) atoms. The first-order valence-corrected chi connectivity index (χ1v) is 10.7. The number of nitrogens with one attached hydrogen (secondary N) is 2. The molecule has 4 rings (SSSR count). The summed E-state index contributed by atoms with van der Waals surface area (Å²) in [5, 5.41) is 7.84. The number of hydrazone groups is 1. The van der Waals surface area contributed by atoms with Crippen molar-refractivity contribution >= 4 is 35.2 Å². The van der Waals surface area contributed by atoms with E-state index in [1.807, 2.05) is 31.2 Å². The number of nitrogens with zero attached hydrogens (tertiary/aromatic N) is 1. The Kier molecular flexibility index (Phi) is 5.75. The van der Waals surface area contributed by atoms with Gasteiger partial charge in [0.25, 0.3) is 0 Å². The fourth-order valence-corrected chi connectivity index (χ4v) is 4.34. The summed E-state index contributed by atoms with van der Waals surface area (Å²) in [6.07, 6.45) is 7.05. The van der Waals surface area contributed by atoms with Gasteiger partial charge in [0.05, 0.1) is 11.8 Å². The van der Waals surface area contributed by atoms with Gasteiger partial charge in [-0.05, 0) is 69.5 Å². The number of aryl methyl sites for hydroxylation is 1. The van der Waals surface area contributed by atoms with Crippen LogP contribution in [0.1, 0.15) is 38.2 Å². The van der Waals surface area contributed by atoms with Crippen molar-refractivity contribution in [2.75, 3.05) is 5.32 Å². The van der Waals surface area contributed by atoms with Gasteiger partial charge in [0.2, 0.25) is 0 Å². The standard InChI is InChI=1S/C23H27N3O3S/c1-14-6-9-17(10-7-14)25-22(30)26-24-13-16-5-4-12-23(3)20(29-23)19-18(11-8-16)15(2)21(27)28-19/h5-7,9-10,13,18-20H,2,4,8,11-12H2,1,3H3,(H2,25,26,30)/b16-5+,24-13+/t18-,19-,20-,23+/m0/s1. The lowest BCUT2D eigenvalue weighted by Crippen LogP contribution is -2.29. The number of ether oxygens (including phenoxy) is 2. The minimum atomic E-state index is -0.296. The lowest BCUT2D eigenvalue weighted by Gasteiger charge is -2.19. The van der Waals surface area contributed by atoms with Crippen molar-refractivity contribution in [3.63, 3.8) is 0 Å². The van der Waals surface area contributed by atoms with E-state index in [2.05, 4.69) is 35.4 Å². The fourth-order valence-electron chi connectivity index (χ4n) is 4.17. The molecule has 0 spiro atoms. The maximum atomic E-state index is 12.1. The molecule has 6 nitrogen and oxygen atoms in total. The molecule has 0 radical (unpaired) electrons. The molecule has 0 bridgehead atoms. The van der Waals surface area contributed by atoms with Crippen LogP contribution in [-0.4, -0.2) is 35.1 Å². The summed E-state index contributed by atoms with van der Waals surface area (Å²) in [6.45, 7) is 8.08. The van der Waals surface area contributed by atoms with Gasteiger partial charge in [-0.2, -0.15) is 5.10 Å². The number of epoxide rings is 1. The van der Waals surface area contributed by atoms with E-state index in [1.54, 1.807) is 6.21 Å². The van der Waals surface area contributed by atoms with Gasteiger partial charge in [-0.15, -0.1) is 0 Å². The molecule has 2 saturated heterocycles. The van der Waals surface area contributed by atoms with E-state index >= 15 is 0 Å². The smallest absolute Gasteiger partial charge is 0.334 e. The van der Waals surface area contributed by atoms with Crippen LogP contribution in [0.5, 0.6) is 0 Å². The molecule has 1 aromatic rings. The predicted molar refractivity (Wildman–Crippen MR) is 121 cm³/mol. The molecule has 0 aromatic heterocycles. The quantitative estimate of drug-likeness (QED) is 0.190. The van der Waals surface area contributed by atoms with Crippen molar-refractivity contribution in [2.45, 2.75) is 57.3 Å². The van der Waals surface area contributed by atoms with Gasteiger partial charge in [0.1, 0.15) is 12.2 Å². The SMILES string of the molecule is C=C1C(=O)O[C@H]2[C@H]1CCC(/C=N/NC(=S)Nc1ccc(C)cc1)=C\CC[C@@]1(C)O[C@@H]21. The first-order valence-electron chi connectivity index (χ1n) is 10.3. The predicted octanol–water partition coefficient (Wildman–Crippen LogP) is 4.02. The summed E-state index contributed by atoms with van der Waals surface area (Å²) >= 11 is 5.31. The van der Waals surface area contributed by atoms with Crippen LogP contribution in [0.3, 0.4) is 0 Å². The molecule has 2 N–H and O–H groups in total. The Hall–Kier alpha value is -2.51. The summed E-state index contributed by atoms with van der Waals surface area (Å²) in [4.78, 5) is 12.1. The average molecular weight is 426 g/mol. The molecule has 0 saturated carbocycles. The number of thiocarbonyl (C=S) groups is 1. The van der Waals surface area contributed by atoms with Gasteiger partial charge < -0.3 is 14.8 Å². The molecule has 0 unspecified atom stereocenters. The van der Waals surface area contributed by atoms with Crippen LogP contribution in [0.2, 0.25) is 0 Å². The molecule has 1 aliphatic carbocycles. The molecular weight excluding hydrogens is 398 g/mol. The largest absolute Gasteiger partial charge is 0.455 e. The summed E-state index contributed by atoms with van der Waals surface area (Å²) in [7, 11) is 0. The molecule has 4 atom stereocenters. The highest BCUT2D eigenvalue weighted by atomic mass is 32.1. The Labute approximate surface area is 182 Å². The Balaban J connectivity index is 1.38. The topological polar surface area (TPSA) is 75.2 Å². The lowest BCUT2D eigenvalue weighted by molar-refractivity contribution is -0.140. The Morgan fingerprint density at radius 1 is 1.37 bits per heavy atom. The number of rotatable bonds is 3. The van der Waals surface area contributed by atoms with Gasteiger partial charge in [-0.1, -0.05) is 30.4 Å². The number of anilines is 1. The minimum Gasteiger partial charge on any atom is -0.455 e. The summed E-state index contributed by atoms with van der Waals surface area (Å²) in [5.41, 5.74) is 6.38. The molecule has 2 heterocycles. The maximum Gasteiger partial charge on any atom is 0.334 e. The zero-order valence-corrected chi connectivity index (χ0v) is 18.1. The van der Waals surface area contributed by atoms with Crippen LogP contribution in [0.25, 0.3) is 0 Å². The van der Waals surface area contributed by atoms with E-state index < -0.39 is 0 Å². The first-order chi connectivity index (χ1) is 14.4. The zero-order chi connectivity index (χ0) is 21.3. The van der Waals surface area contributed by atoms with Crippen molar-refractivity contribution in [1.82, 2.24) is 5.43 Å². The van der Waals surface area contributed by atoms with Crippen molar-refractivity contribution in [1.29, 1.82) is 0 Å². The highest BCUT2D eigenvalue weighted by Gasteiger charge is 2.61. The van der Waals surface area contributed by atoms with Crippen molar-refractivity contribution in [3.8, 4) is 0 Å². The van der Waals surface area contributed by atoms with Crippen LogP contribution >= 0.6 is 12.2 Å². The summed E-state index contributed by atoms with van der Waals surface area (Å²) in [6, 6.07) is 7.98. The van der Waals surface area contributed by atoms with E-state index in [9.17, 15) is 4.79 Å². The number of hydrogen-bond acceptors (Lipinski definition) is 5. The normalized spacial score (nSPS) is 32.5. The lowest BCUT2D eigenvalue weighted by atomic mass is 9.84. The second-order valence-corrected chi connectivity index (χ2v) is 8.81. The maximum absolute atomic E-state index is 12.1. The second kappa shape index (κ2) is 8.32. The summed E-state index contributed by atoms with van der Waals surface area (Å²) in [5.74, 6) is -0.313. The third-order valence-electron chi connectivity index (χ3n) is 6.09. The van der Waals surface area contributed by atoms with Crippen LogP contribution in [0.4, 0.5) is 5.69 Å². The van der Waals surface area contributed by atoms with Crippen LogP contribution in [0, 0.1) is 12.8 Å². The highest BCUT2D eigenvalue weighted by Crippen LogP contribution is 2.49. The Morgan fingerprint density at radius 3 is 2.90 bits per heavy atom. The van der Waals surface area contributed by atoms with Crippen molar-refractivity contribution in [3.05, 3.63) is 53.6 Å². The number of allylic oxidation sites excluding steroid dienone is 2. The number of hydrogen-bond donors (Lipinski definition) is 2. The van der Waals surface area contributed by atoms with Gasteiger partial charge in [0.15, 0.2) is 5.11 Å². The van der Waals surface area contributed by atoms with Gasteiger partial charge >= 0.3 is 5.97 Å². The van der Waals surface area contributed by atoms with Gasteiger partial charge in [-0.3, -0.25) is 5.43 Å². The van der Waals surface area contributed by atoms with Crippen molar-refractivity contribution < 1.29 is 14.3 Å². The molecule has 2 fully saturated rings. The van der Waals surface area contributed by atoms with E-state index in [1.165, 1.54) is 5.56 Å². The average Bonchev–Trinajstić information content (AvgIpc) is 3.30. The Morgan fingerprint density at radius 2 is 2.13 bits per heavy atom. The minimum absolute atomic E-state index is 0.0172. The van der Waals surface area contributed by atoms with Crippen LogP contribution in [-0.2, 0) is 14.3 Å². The summed E-state index contributed by atoms with van der Waals surface area (Å²) < 4.78 is 11.5. The number of carbonyl (C=O) groups excluding carboxylic acids is 1. The fraction of sp³-hybridized carbons (Fsp3) is 0.435. The number of benzene rings is 1. The van der Waals surface area contributed by atoms with Crippen molar-refractivity contribution in [2.24, 2.45) is 11.0 Å². The molecule has 0 amide bonds. The van der Waals surface area contributed by atoms with Crippen LogP contribution < -0.4 is 10.7 Å². The molecule has 158 valence electrons. The zero-order valence-electron chi connectivity index (χ0n) is 17.3. The molecule has 2 aliphatic heterocycles. The van der Waals surface area contributed by atoms with Gasteiger partial charge in [0, 0.05) is 17.2 Å². The van der Waals surface area contributed by atoms with Gasteiger partial charge in [-0.25, -0.2) is 4.79 Å². The van der Waals surface area contributed by atoms with Crippen LogP contribution in [0.15, 0.2) is 53.2 Å². The van der Waals surface area contributed by atoms with E-state index in [4.69, 9.17) is 21.7 Å². The third-order valence-corrected chi connectivity index (χ3v) is 6.28. The second-order valence-electron chi connectivity index (χ2n) is 8.40. The molecule has 1 aromatic carbocycles. The van der Waals surface area contributed by atoms with E-state index in [0.717, 1.165) is 36.9 Å². The Bertz CT molecular complexity index is 924. The number of fused-ring (bicyclic) bond motifs is 3. The molecule has 3 aliphatic rings. The molecular formula is C23H27N3O3S. The highest BCUT2D eigenvalue weighted by molar-refractivity contribution is 7.80. The number of esters is 1. The van der Waals surface area contributed by atoms with E-state index in [0.29, 0.717) is 10.7 Å². The monoisotopic (exact) mass is 425 g/mol. The third kappa shape index (κ3) is 4.47. The first kappa shape index (κ1) is 20.8. The molecule has 7 heteroatoms. The van der Waals surface area contributed by atoms with E-state index in [-0.39, 0.29) is 29.7 Å².